The van der Waals surface area contributed by atoms with E-state index in [-0.39, 0.29) is 32.8 Å². The second kappa shape index (κ2) is 12.0. The van der Waals surface area contributed by atoms with Crippen molar-refractivity contribution in [1.29, 1.82) is 5.26 Å². The van der Waals surface area contributed by atoms with Gasteiger partial charge in [0.1, 0.15) is 20.9 Å². The minimum Gasteiger partial charge on any atom is -0.325 e. The predicted molar refractivity (Wildman–Crippen MR) is 141 cm³/mol. The van der Waals surface area contributed by atoms with Gasteiger partial charge in [-0.2, -0.15) is 9.64 Å². The van der Waals surface area contributed by atoms with Gasteiger partial charge < -0.3 is 10.6 Å². The lowest BCUT2D eigenvalue weighted by molar-refractivity contribution is -0.114. The van der Waals surface area contributed by atoms with E-state index >= 15 is 0 Å². The van der Waals surface area contributed by atoms with Gasteiger partial charge in [-0.1, -0.05) is 11.8 Å². The third-order valence-electron chi connectivity index (χ3n) is 4.35. The second-order valence-electron chi connectivity index (χ2n) is 7.07. The van der Waals surface area contributed by atoms with Crippen molar-refractivity contribution in [3.63, 3.8) is 0 Å². The molecule has 37 heavy (non-hydrogen) atoms. The lowest BCUT2D eigenvalue weighted by Crippen LogP contribution is -2.15. The summed E-state index contributed by atoms with van der Waals surface area (Å²) in [5.74, 6) is -0.874. The molecule has 0 saturated heterocycles. The molecule has 3 aromatic rings. The van der Waals surface area contributed by atoms with Gasteiger partial charge in [-0.05, 0) is 60.1 Å². The minimum atomic E-state index is -3.84. The highest BCUT2D eigenvalue weighted by Gasteiger charge is 2.18. The number of nitrogens with one attached hydrogen (secondary N) is 2. The van der Waals surface area contributed by atoms with Crippen molar-refractivity contribution in [1.82, 2.24) is 4.37 Å². The molecule has 0 radical (unpaired) electrons. The largest absolute Gasteiger partial charge is 0.325 e. The highest BCUT2D eigenvalue weighted by molar-refractivity contribution is 8.02. The molecule has 2 amide bonds. The van der Waals surface area contributed by atoms with Crippen LogP contribution in [0.5, 0.6) is 0 Å². The van der Waals surface area contributed by atoms with Crippen LogP contribution in [-0.2, 0) is 29.6 Å². The molecule has 0 bridgehead atoms. The summed E-state index contributed by atoms with van der Waals surface area (Å²) in [6.07, 6.45) is 0. The van der Waals surface area contributed by atoms with E-state index in [4.69, 9.17) is 10.3 Å². The Balaban J connectivity index is 1.52. The number of carbonyl (C=O) groups excluding carboxylic acids is 2. The monoisotopic (exact) mass is 598 g/mol. The molecule has 194 valence electrons. The SMILES string of the molecule is N#Cc1c(SCC(=O)Nc2ccc(S(N)(=O)=O)cc2)nsc1SCC(=O)Nc1ccc(S(N)(=O)=O)cc1. The van der Waals surface area contributed by atoms with Gasteiger partial charge in [-0.25, -0.2) is 27.1 Å². The molecule has 0 fully saturated rings. The molecule has 0 spiro atoms. The average molecular weight is 599 g/mol. The Bertz CT molecular complexity index is 1450. The number of nitriles is 1. The Kier molecular flexibility index (Phi) is 9.31. The first-order chi connectivity index (χ1) is 17.4. The van der Waals surface area contributed by atoms with Crippen molar-refractivity contribution in [2.45, 2.75) is 19.0 Å². The Morgan fingerprint density at radius 1 is 0.838 bits per heavy atom. The quantitative estimate of drug-likeness (QED) is 0.248. The molecule has 12 nitrogen and oxygen atoms in total. The third kappa shape index (κ3) is 8.26. The molecule has 0 aliphatic carbocycles. The van der Waals surface area contributed by atoms with E-state index in [2.05, 4.69) is 15.0 Å². The van der Waals surface area contributed by atoms with Crippen LogP contribution in [0.2, 0.25) is 0 Å². The predicted octanol–water partition coefficient (Wildman–Crippen LogP) is 1.77. The molecule has 1 aromatic heterocycles. The number of anilines is 2. The fraction of sp³-hybridized carbons (Fsp3) is 0.100. The zero-order valence-corrected chi connectivity index (χ0v) is 22.7. The van der Waals surface area contributed by atoms with Gasteiger partial charge in [0.15, 0.2) is 0 Å². The standard InChI is InChI=1S/C20H18N6O6S5/c21-9-16-19(33-10-17(27)24-12-1-5-14(6-2-12)36(22,29)30)26-35-20(16)34-11-18(28)25-13-3-7-15(8-4-13)37(23,31)32/h1-8H,10-11H2,(H,24,27)(H,25,28)(H2,22,29,30)(H2,23,31,32). The molecular formula is C20H18N6O6S5. The highest BCUT2D eigenvalue weighted by Crippen LogP contribution is 2.34. The van der Waals surface area contributed by atoms with Crippen LogP contribution in [0.1, 0.15) is 5.56 Å². The lowest BCUT2D eigenvalue weighted by atomic mass is 10.3. The van der Waals surface area contributed by atoms with Crippen LogP contribution in [0.15, 0.2) is 67.6 Å². The Labute approximate surface area is 225 Å². The van der Waals surface area contributed by atoms with Crippen LogP contribution >= 0.6 is 35.1 Å². The average Bonchev–Trinajstić information content (AvgIpc) is 3.23. The first-order valence-corrected chi connectivity index (χ1v) is 15.7. The topological polar surface area (TPSA) is 215 Å². The minimum absolute atomic E-state index is 0.0348. The smallest absolute Gasteiger partial charge is 0.238 e. The fourth-order valence-corrected chi connectivity index (χ4v) is 6.39. The number of rotatable bonds is 10. The summed E-state index contributed by atoms with van der Waals surface area (Å²) in [5, 5.41) is 25.2. The summed E-state index contributed by atoms with van der Waals surface area (Å²) in [5.41, 5.74) is 0.998. The molecule has 0 aliphatic heterocycles. The zero-order valence-electron chi connectivity index (χ0n) is 18.6. The zero-order chi connectivity index (χ0) is 27.2. The number of hydrogen-bond acceptors (Lipinski definition) is 11. The van der Waals surface area contributed by atoms with E-state index in [1.54, 1.807) is 0 Å². The first-order valence-electron chi connectivity index (χ1n) is 9.87. The number of aromatic nitrogens is 1. The van der Waals surface area contributed by atoms with Gasteiger partial charge in [0.05, 0.1) is 21.3 Å². The van der Waals surface area contributed by atoms with Gasteiger partial charge in [0.25, 0.3) is 0 Å². The summed E-state index contributed by atoms with van der Waals surface area (Å²) in [6.45, 7) is 0. The summed E-state index contributed by atoms with van der Waals surface area (Å²) >= 11 is 3.16. The van der Waals surface area contributed by atoms with Gasteiger partial charge >= 0.3 is 0 Å². The summed E-state index contributed by atoms with van der Waals surface area (Å²) in [7, 11) is -7.67. The van der Waals surface area contributed by atoms with Gasteiger partial charge in [0.2, 0.25) is 31.9 Å². The van der Waals surface area contributed by atoms with Crippen molar-refractivity contribution in [2.75, 3.05) is 22.1 Å². The van der Waals surface area contributed by atoms with E-state index in [0.717, 1.165) is 35.1 Å². The third-order valence-corrected chi connectivity index (χ3v) is 9.39. The summed E-state index contributed by atoms with van der Waals surface area (Å²) < 4.78 is 49.9. The maximum atomic E-state index is 12.3. The van der Waals surface area contributed by atoms with E-state index in [1.807, 2.05) is 6.07 Å². The number of benzene rings is 2. The number of hydrogen-bond donors (Lipinski definition) is 4. The van der Waals surface area contributed by atoms with Crippen LogP contribution in [-0.4, -0.2) is 44.5 Å². The number of primary sulfonamides is 2. The number of amides is 2. The maximum absolute atomic E-state index is 12.3. The molecule has 1 heterocycles. The van der Waals surface area contributed by atoms with E-state index in [9.17, 15) is 31.7 Å². The maximum Gasteiger partial charge on any atom is 0.238 e. The van der Waals surface area contributed by atoms with Crippen molar-refractivity contribution < 1.29 is 26.4 Å². The molecule has 0 aliphatic rings. The number of sulfonamides is 2. The fourth-order valence-electron chi connectivity index (χ4n) is 2.67. The molecule has 0 atom stereocenters. The lowest BCUT2D eigenvalue weighted by Gasteiger charge is -2.06. The molecule has 0 saturated carbocycles. The van der Waals surface area contributed by atoms with Crippen LogP contribution in [0.4, 0.5) is 11.4 Å². The molecule has 3 rings (SSSR count). The summed E-state index contributed by atoms with van der Waals surface area (Å²) in [4.78, 5) is 24.4. The number of carbonyl (C=O) groups is 2. The Morgan fingerprint density at radius 2 is 1.27 bits per heavy atom. The van der Waals surface area contributed by atoms with Crippen molar-refractivity contribution in [3.05, 3.63) is 54.1 Å². The molecule has 0 unspecified atom stereocenters. The van der Waals surface area contributed by atoms with E-state index in [0.29, 0.717) is 20.6 Å². The van der Waals surface area contributed by atoms with Gasteiger partial charge in [-0.15, -0.1) is 11.8 Å². The molecular weight excluding hydrogens is 581 g/mol. The Morgan fingerprint density at radius 3 is 1.68 bits per heavy atom. The van der Waals surface area contributed by atoms with E-state index < -0.39 is 26.0 Å². The van der Waals surface area contributed by atoms with Crippen molar-refractivity contribution in [2.24, 2.45) is 10.3 Å². The molecule has 6 N–H and O–H groups in total. The Hall–Kier alpha value is -2.98. The normalized spacial score (nSPS) is 11.5. The number of nitrogens with zero attached hydrogens (tertiary/aromatic N) is 2. The molecule has 17 heteroatoms. The van der Waals surface area contributed by atoms with Crippen LogP contribution < -0.4 is 20.9 Å². The van der Waals surface area contributed by atoms with Crippen molar-refractivity contribution in [3.8, 4) is 6.07 Å². The van der Waals surface area contributed by atoms with Crippen LogP contribution in [0, 0.1) is 11.3 Å². The van der Waals surface area contributed by atoms with Gasteiger partial charge in [-0.3, -0.25) is 9.59 Å². The van der Waals surface area contributed by atoms with Gasteiger partial charge in [0, 0.05) is 11.4 Å². The second-order valence-corrected chi connectivity index (χ2v) is 13.2. The number of thioether (sulfide) groups is 2. The number of nitrogens with two attached hydrogens (primary N) is 2. The first kappa shape index (κ1) is 28.6. The van der Waals surface area contributed by atoms with E-state index in [1.165, 1.54) is 48.5 Å². The van der Waals surface area contributed by atoms with Crippen molar-refractivity contribution >= 4 is 78.3 Å². The summed E-state index contributed by atoms with van der Waals surface area (Å²) in [6, 6.07) is 12.7. The van der Waals surface area contributed by atoms with Crippen LogP contribution in [0.3, 0.4) is 0 Å². The molecule has 2 aromatic carbocycles. The highest BCUT2D eigenvalue weighted by atomic mass is 32.2. The van der Waals surface area contributed by atoms with Crippen LogP contribution in [0.25, 0.3) is 0 Å².